The number of rotatable bonds is 3. The van der Waals surface area contributed by atoms with Gasteiger partial charge in [0.2, 0.25) is 0 Å². The zero-order chi connectivity index (χ0) is 12.5. The largest absolute Gasteiger partial charge is 0.480 e. The molecule has 0 aromatic carbocycles. The van der Waals surface area contributed by atoms with Crippen molar-refractivity contribution in [3.05, 3.63) is 35.8 Å². The van der Waals surface area contributed by atoms with E-state index < -0.39 is 12.0 Å². The first-order valence-electron chi connectivity index (χ1n) is 5.93. The number of aryl methyl sites for hydroxylation is 1. The predicted octanol–water partition coefficient (Wildman–Crippen LogP) is 1.42. The van der Waals surface area contributed by atoms with Gasteiger partial charge >= 0.3 is 5.97 Å². The number of nitrogens with zero attached hydrogens (tertiary/aromatic N) is 3. The number of aliphatic carboxylic acids is 1. The number of furan rings is 1. The number of hydrogen-bond donors (Lipinski definition) is 1. The van der Waals surface area contributed by atoms with Crippen molar-refractivity contribution in [2.75, 3.05) is 0 Å². The Bertz CT molecular complexity index is 559. The second kappa shape index (κ2) is 4.29. The fraction of sp³-hybridized carbons (Fsp3) is 0.417. The van der Waals surface area contributed by atoms with Crippen molar-refractivity contribution in [2.24, 2.45) is 0 Å². The standard InChI is InChI=1S/C12H13N3O3/c16-12(17)9-4-1-5-11-13-10(14-15(9)11)7-8-3-2-6-18-8/h2-3,6,9H,1,4-5,7H2,(H,16,17). The van der Waals surface area contributed by atoms with Crippen molar-refractivity contribution < 1.29 is 14.3 Å². The van der Waals surface area contributed by atoms with Gasteiger partial charge in [0.1, 0.15) is 11.6 Å². The van der Waals surface area contributed by atoms with E-state index in [0.29, 0.717) is 18.7 Å². The molecule has 6 nitrogen and oxygen atoms in total. The summed E-state index contributed by atoms with van der Waals surface area (Å²) in [6, 6.07) is 3.09. The first-order chi connectivity index (χ1) is 8.74. The Kier molecular flexibility index (Phi) is 2.62. The Morgan fingerprint density at radius 3 is 3.22 bits per heavy atom. The molecule has 1 aliphatic rings. The molecular formula is C12H13N3O3. The number of carbonyl (C=O) groups is 1. The highest BCUT2D eigenvalue weighted by molar-refractivity contribution is 5.71. The zero-order valence-electron chi connectivity index (χ0n) is 9.74. The normalized spacial score (nSPS) is 18.6. The molecule has 3 rings (SSSR count). The quantitative estimate of drug-likeness (QED) is 0.887. The molecule has 3 heterocycles. The van der Waals surface area contributed by atoms with Crippen molar-refractivity contribution >= 4 is 5.97 Å². The zero-order valence-corrected chi connectivity index (χ0v) is 9.74. The van der Waals surface area contributed by atoms with E-state index in [1.54, 1.807) is 10.9 Å². The van der Waals surface area contributed by atoms with Crippen LogP contribution in [0.25, 0.3) is 0 Å². The van der Waals surface area contributed by atoms with Crippen LogP contribution in [-0.4, -0.2) is 25.8 Å². The monoisotopic (exact) mass is 247 g/mol. The maximum atomic E-state index is 11.1. The van der Waals surface area contributed by atoms with Gasteiger partial charge in [0.15, 0.2) is 11.9 Å². The molecule has 1 atom stereocenters. The average molecular weight is 247 g/mol. The Hall–Kier alpha value is -2.11. The summed E-state index contributed by atoms with van der Waals surface area (Å²) in [7, 11) is 0. The lowest BCUT2D eigenvalue weighted by molar-refractivity contribution is -0.141. The van der Waals surface area contributed by atoms with E-state index in [9.17, 15) is 4.79 Å². The summed E-state index contributed by atoms with van der Waals surface area (Å²) >= 11 is 0. The molecule has 0 spiro atoms. The van der Waals surface area contributed by atoms with E-state index in [-0.39, 0.29) is 0 Å². The molecular weight excluding hydrogens is 234 g/mol. The van der Waals surface area contributed by atoms with Crippen LogP contribution >= 0.6 is 0 Å². The summed E-state index contributed by atoms with van der Waals surface area (Å²) in [6.45, 7) is 0. The van der Waals surface area contributed by atoms with Crippen molar-refractivity contribution in [1.29, 1.82) is 0 Å². The summed E-state index contributed by atoms with van der Waals surface area (Å²) in [5.41, 5.74) is 0. The van der Waals surface area contributed by atoms with Gasteiger partial charge in [-0.2, -0.15) is 5.10 Å². The molecule has 0 amide bonds. The maximum absolute atomic E-state index is 11.1. The summed E-state index contributed by atoms with van der Waals surface area (Å²) in [5.74, 6) is 1.32. The molecule has 2 aromatic heterocycles. The van der Waals surface area contributed by atoms with Gasteiger partial charge in [-0.25, -0.2) is 14.5 Å². The van der Waals surface area contributed by atoms with Gasteiger partial charge in [0, 0.05) is 6.42 Å². The highest BCUT2D eigenvalue weighted by Crippen LogP contribution is 2.23. The molecule has 0 aliphatic carbocycles. The summed E-state index contributed by atoms with van der Waals surface area (Å²) in [4.78, 5) is 15.5. The first-order valence-corrected chi connectivity index (χ1v) is 5.93. The minimum atomic E-state index is -0.842. The lowest BCUT2D eigenvalue weighted by Gasteiger charge is -2.19. The van der Waals surface area contributed by atoms with E-state index in [0.717, 1.165) is 24.4 Å². The van der Waals surface area contributed by atoms with Crippen LogP contribution in [0.1, 0.15) is 36.3 Å². The molecule has 2 aromatic rings. The number of carboxylic acid groups (broad SMARTS) is 1. The van der Waals surface area contributed by atoms with Crippen LogP contribution in [0.15, 0.2) is 22.8 Å². The minimum absolute atomic E-state index is 0.499. The van der Waals surface area contributed by atoms with Crippen LogP contribution in [0.2, 0.25) is 0 Å². The minimum Gasteiger partial charge on any atom is -0.480 e. The van der Waals surface area contributed by atoms with Gasteiger partial charge in [-0.15, -0.1) is 0 Å². The molecule has 0 saturated carbocycles. The molecule has 18 heavy (non-hydrogen) atoms. The Morgan fingerprint density at radius 2 is 2.50 bits per heavy atom. The van der Waals surface area contributed by atoms with Crippen molar-refractivity contribution in [1.82, 2.24) is 14.8 Å². The number of fused-ring (bicyclic) bond motifs is 1. The molecule has 1 N–H and O–H groups in total. The number of aromatic nitrogens is 3. The van der Waals surface area contributed by atoms with E-state index in [1.807, 2.05) is 12.1 Å². The van der Waals surface area contributed by atoms with Gasteiger partial charge in [-0.3, -0.25) is 0 Å². The lowest BCUT2D eigenvalue weighted by atomic mass is 10.1. The lowest BCUT2D eigenvalue weighted by Crippen LogP contribution is -2.26. The molecule has 94 valence electrons. The van der Waals surface area contributed by atoms with Gasteiger partial charge in [0.25, 0.3) is 0 Å². The van der Waals surface area contributed by atoms with Crippen LogP contribution in [0.4, 0.5) is 0 Å². The Balaban J connectivity index is 1.89. The Labute approximate surface area is 103 Å². The van der Waals surface area contributed by atoms with Gasteiger partial charge in [-0.05, 0) is 25.0 Å². The van der Waals surface area contributed by atoms with Crippen LogP contribution in [0, 0.1) is 0 Å². The molecule has 0 saturated heterocycles. The fourth-order valence-corrected chi connectivity index (χ4v) is 2.27. The summed E-state index contributed by atoms with van der Waals surface area (Å²) in [5, 5.41) is 13.4. The number of carboxylic acids is 1. The smallest absolute Gasteiger partial charge is 0.328 e. The van der Waals surface area contributed by atoms with Crippen LogP contribution in [0.5, 0.6) is 0 Å². The van der Waals surface area contributed by atoms with Crippen LogP contribution < -0.4 is 0 Å². The van der Waals surface area contributed by atoms with E-state index in [2.05, 4.69) is 10.1 Å². The molecule has 1 aliphatic heterocycles. The highest BCUT2D eigenvalue weighted by Gasteiger charge is 2.28. The summed E-state index contributed by atoms with van der Waals surface area (Å²) < 4.78 is 6.78. The second-order valence-electron chi connectivity index (χ2n) is 4.39. The van der Waals surface area contributed by atoms with Crippen molar-refractivity contribution in [3.63, 3.8) is 0 Å². The maximum Gasteiger partial charge on any atom is 0.328 e. The molecule has 0 radical (unpaired) electrons. The first kappa shape index (κ1) is 11.0. The van der Waals surface area contributed by atoms with Crippen LogP contribution in [0.3, 0.4) is 0 Å². The SMILES string of the molecule is O=C(O)C1CCCc2nc(Cc3ccco3)nn21. The number of hydrogen-bond acceptors (Lipinski definition) is 4. The predicted molar refractivity (Wildman–Crippen MR) is 61.1 cm³/mol. The van der Waals surface area contributed by atoms with Gasteiger partial charge in [-0.1, -0.05) is 0 Å². The Morgan fingerprint density at radius 1 is 1.61 bits per heavy atom. The second-order valence-corrected chi connectivity index (χ2v) is 4.39. The van der Waals surface area contributed by atoms with E-state index in [4.69, 9.17) is 9.52 Å². The fourth-order valence-electron chi connectivity index (χ4n) is 2.27. The molecule has 0 fully saturated rings. The van der Waals surface area contributed by atoms with Crippen LogP contribution in [-0.2, 0) is 17.6 Å². The van der Waals surface area contributed by atoms with E-state index in [1.165, 1.54) is 0 Å². The summed E-state index contributed by atoms with van der Waals surface area (Å²) in [6.07, 6.45) is 4.35. The molecule has 6 heteroatoms. The molecule has 0 bridgehead atoms. The average Bonchev–Trinajstić information content (AvgIpc) is 2.96. The topological polar surface area (TPSA) is 81.2 Å². The highest BCUT2D eigenvalue weighted by atomic mass is 16.4. The third-order valence-corrected chi connectivity index (χ3v) is 3.12. The van der Waals surface area contributed by atoms with E-state index >= 15 is 0 Å². The van der Waals surface area contributed by atoms with Gasteiger partial charge < -0.3 is 9.52 Å². The van der Waals surface area contributed by atoms with Gasteiger partial charge in [0.05, 0.1) is 12.7 Å². The molecule has 1 unspecified atom stereocenters. The van der Waals surface area contributed by atoms with Crippen molar-refractivity contribution in [3.8, 4) is 0 Å². The third-order valence-electron chi connectivity index (χ3n) is 3.12. The third kappa shape index (κ3) is 1.90. The van der Waals surface area contributed by atoms with Crippen molar-refractivity contribution in [2.45, 2.75) is 31.7 Å².